The molecule has 0 bridgehead atoms. The summed E-state index contributed by atoms with van der Waals surface area (Å²) in [5.41, 5.74) is 29.7. The van der Waals surface area contributed by atoms with E-state index in [1.165, 1.54) is 85.2 Å². The molecule has 0 fully saturated rings. The van der Waals surface area contributed by atoms with E-state index in [1.807, 2.05) is 36.4 Å². The lowest BCUT2D eigenvalue weighted by atomic mass is 10.0. The second kappa shape index (κ2) is 38.1. The maximum Gasteiger partial charge on any atom is 0.126 e. The smallest absolute Gasteiger partial charge is 0.126 e. The number of methoxy groups -OCH3 is 2. The number of aryl methyl sites for hydroxylation is 8. The van der Waals surface area contributed by atoms with Crippen molar-refractivity contribution in [3.8, 4) is 16.9 Å². The van der Waals surface area contributed by atoms with E-state index in [9.17, 15) is 0 Å². The fourth-order valence-electron chi connectivity index (χ4n) is 7.96. The molecule has 4 heteroatoms. The Labute approximate surface area is 457 Å². The number of nitrogen functional groups attached to an aromatic ring is 1. The summed E-state index contributed by atoms with van der Waals surface area (Å²) in [6.45, 7) is 26.5. The van der Waals surface area contributed by atoms with Crippen molar-refractivity contribution in [3.63, 3.8) is 0 Å². The Kier molecular flexibility index (Phi) is 32.9. The number of ether oxygens (including phenoxy) is 2. The summed E-state index contributed by atoms with van der Waals surface area (Å²) in [5.74, 6) is 0.866. The molecule has 1 unspecified atom stereocenters. The van der Waals surface area contributed by atoms with Crippen LogP contribution in [0.1, 0.15) is 156 Å². The quantitative estimate of drug-likeness (QED) is 0.134. The van der Waals surface area contributed by atoms with E-state index in [4.69, 9.17) is 20.9 Å². The largest absolute Gasteiger partial charge is 0.496 e. The van der Waals surface area contributed by atoms with Crippen LogP contribution in [0.4, 0.5) is 5.69 Å². The van der Waals surface area contributed by atoms with Gasteiger partial charge in [-0.2, -0.15) is 0 Å². The van der Waals surface area contributed by atoms with Gasteiger partial charge in [0.25, 0.3) is 0 Å². The van der Waals surface area contributed by atoms with Gasteiger partial charge in [-0.15, -0.1) is 0 Å². The average Bonchev–Trinajstić information content (AvgIpc) is 3.78. The van der Waals surface area contributed by atoms with Crippen molar-refractivity contribution in [1.29, 1.82) is 0 Å². The lowest BCUT2D eigenvalue weighted by Gasteiger charge is -2.11. The van der Waals surface area contributed by atoms with Crippen LogP contribution < -0.4 is 16.2 Å². The zero-order valence-corrected chi connectivity index (χ0v) is 48.9. The zero-order chi connectivity index (χ0) is 55.4. The van der Waals surface area contributed by atoms with Crippen LogP contribution in [0.15, 0.2) is 176 Å². The molecule has 0 radical (unpaired) electrons. The van der Waals surface area contributed by atoms with Crippen LogP contribution in [0.2, 0.25) is 0 Å². The van der Waals surface area contributed by atoms with Crippen molar-refractivity contribution >= 4 is 16.5 Å². The van der Waals surface area contributed by atoms with E-state index in [2.05, 4.69) is 223 Å². The zero-order valence-electron chi connectivity index (χ0n) is 48.9. The van der Waals surface area contributed by atoms with Crippen LogP contribution in [0.25, 0.3) is 21.9 Å². The van der Waals surface area contributed by atoms with Crippen LogP contribution in [-0.4, -0.2) is 14.2 Å². The molecule has 402 valence electrons. The Morgan fingerprint density at radius 1 is 0.373 bits per heavy atom. The van der Waals surface area contributed by atoms with Crippen LogP contribution in [0.5, 0.6) is 5.75 Å². The molecule has 0 aromatic heterocycles. The average molecular weight is 1010 g/mol. The Balaban J connectivity index is 0.000000304. The Morgan fingerprint density at radius 2 is 0.720 bits per heavy atom. The second-order valence-corrected chi connectivity index (χ2v) is 18.6. The van der Waals surface area contributed by atoms with Gasteiger partial charge in [0, 0.05) is 30.1 Å². The van der Waals surface area contributed by atoms with Crippen molar-refractivity contribution in [2.24, 2.45) is 5.73 Å². The van der Waals surface area contributed by atoms with Crippen molar-refractivity contribution in [3.05, 3.63) is 237 Å². The molecule has 4 N–H and O–H groups in total. The highest BCUT2D eigenvalue weighted by atomic mass is 16.5. The molecule has 8 aromatic carbocycles. The third kappa shape index (κ3) is 22.5. The highest BCUT2D eigenvalue weighted by molar-refractivity contribution is 5.96. The molecule has 75 heavy (non-hydrogen) atoms. The number of anilines is 1. The summed E-state index contributed by atoms with van der Waals surface area (Å²) in [7, 11) is 3.44. The number of fused-ring (bicyclic) bond motifs is 4. The molecular weight excluding hydrogens is 913 g/mol. The molecule has 1 aliphatic carbocycles. The fraction of sp³-hybridized carbons (Fsp3) is 0.352. The van der Waals surface area contributed by atoms with Crippen LogP contribution in [-0.2, 0) is 56.2 Å². The van der Waals surface area contributed by atoms with Gasteiger partial charge in [-0.1, -0.05) is 258 Å². The first kappa shape index (κ1) is 64.7. The number of hydrogen-bond donors (Lipinski definition) is 2. The van der Waals surface area contributed by atoms with Gasteiger partial charge in [0.05, 0.1) is 7.11 Å². The van der Waals surface area contributed by atoms with E-state index in [-0.39, 0.29) is 6.10 Å². The van der Waals surface area contributed by atoms with Crippen LogP contribution in [0.3, 0.4) is 0 Å². The second-order valence-electron chi connectivity index (χ2n) is 18.6. The van der Waals surface area contributed by atoms with Gasteiger partial charge in [-0.3, -0.25) is 0 Å². The molecule has 8 aromatic rings. The van der Waals surface area contributed by atoms with Gasteiger partial charge >= 0.3 is 0 Å². The Hall–Kier alpha value is -6.46. The van der Waals surface area contributed by atoms with Gasteiger partial charge in [0.15, 0.2) is 0 Å². The summed E-state index contributed by atoms with van der Waals surface area (Å²) in [5, 5.41) is 2.10. The summed E-state index contributed by atoms with van der Waals surface area (Å²) in [6, 6.07) is 61.7. The molecule has 1 aliphatic rings. The Morgan fingerprint density at radius 3 is 1.08 bits per heavy atom. The number of nitrogens with two attached hydrogens (primary N) is 2. The third-order valence-corrected chi connectivity index (χ3v) is 12.6. The Bertz CT molecular complexity index is 2420. The maximum atomic E-state index is 5.82. The molecule has 4 nitrogen and oxygen atoms in total. The molecular formula is C71H96N2O2. The highest BCUT2D eigenvalue weighted by Crippen LogP contribution is 2.45. The molecule has 0 amide bonds. The summed E-state index contributed by atoms with van der Waals surface area (Å²) >= 11 is 0. The minimum absolute atomic E-state index is 0.103. The van der Waals surface area contributed by atoms with Gasteiger partial charge in [0.2, 0.25) is 0 Å². The molecule has 0 saturated heterocycles. The van der Waals surface area contributed by atoms with Gasteiger partial charge in [0.1, 0.15) is 11.9 Å². The lowest BCUT2D eigenvalue weighted by molar-refractivity contribution is 0.140. The summed E-state index contributed by atoms with van der Waals surface area (Å²) in [4.78, 5) is 0. The predicted octanol–water partition coefficient (Wildman–Crippen LogP) is 19.1. The third-order valence-electron chi connectivity index (χ3n) is 12.6. The first-order chi connectivity index (χ1) is 36.4. The van der Waals surface area contributed by atoms with Crippen molar-refractivity contribution in [1.82, 2.24) is 0 Å². The maximum absolute atomic E-state index is 5.82. The standard InChI is InChI=1S/C15H14O.C11H11NO.3C10H14.C9H13N.2C3H8/c1-10-7-8-12-11-5-3-4-6-13(11)15(16-2)14(12)9-10;1-13-11-7-3-4-8-9(11)5-2-6-10(8)12;3*1-3-9-5-7-10(4-2)8-6-9;1-2-8-3-5-9(7-10)6-4-8;2*1-3-2/h3-9,15H,1-2H3;2-7H,12H2,1H3;3*5-8H,3-4H2,1-2H3;3-6H,2,7,10H2,1H3;2*3H2,1-2H3. The molecule has 0 saturated carbocycles. The van der Waals surface area contributed by atoms with E-state index < -0.39 is 0 Å². The van der Waals surface area contributed by atoms with Gasteiger partial charge < -0.3 is 20.9 Å². The molecule has 9 rings (SSSR count). The predicted molar refractivity (Wildman–Crippen MR) is 332 cm³/mol. The molecule has 0 heterocycles. The highest BCUT2D eigenvalue weighted by Gasteiger charge is 2.27. The fourth-order valence-corrected chi connectivity index (χ4v) is 7.96. The van der Waals surface area contributed by atoms with E-state index in [0.717, 1.165) is 67.2 Å². The number of rotatable bonds is 10. The number of benzene rings is 8. The van der Waals surface area contributed by atoms with E-state index in [0.29, 0.717) is 6.54 Å². The van der Waals surface area contributed by atoms with Crippen LogP contribution >= 0.6 is 0 Å². The molecule has 0 aliphatic heterocycles. The molecule has 1 atom stereocenters. The first-order valence-corrected chi connectivity index (χ1v) is 28.0. The minimum atomic E-state index is 0.103. The SMILES string of the molecule is CCC.CCC.CCc1ccc(CC)cc1.CCc1ccc(CC)cc1.CCc1ccc(CC)cc1.CCc1ccc(CN)cc1.COC1c2ccccc2-c2ccc(C)cc21.COc1cccc2c(N)cccc12. The van der Waals surface area contributed by atoms with Crippen molar-refractivity contribution in [2.45, 2.75) is 154 Å². The summed E-state index contributed by atoms with van der Waals surface area (Å²) in [6.07, 6.45) is 10.6. The minimum Gasteiger partial charge on any atom is -0.496 e. The first-order valence-electron chi connectivity index (χ1n) is 28.0. The summed E-state index contributed by atoms with van der Waals surface area (Å²) < 4.78 is 10.8. The van der Waals surface area contributed by atoms with E-state index in [1.54, 1.807) is 14.2 Å². The molecule has 0 spiro atoms. The number of hydrogen-bond acceptors (Lipinski definition) is 4. The normalized spacial score (nSPS) is 11.1. The van der Waals surface area contributed by atoms with Crippen LogP contribution in [0, 0.1) is 6.92 Å². The topological polar surface area (TPSA) is 70.5 Å². The lowest BCUT2D eigenvalue weighted by Crippen LogP contribution is -1.98. The van der Waals surface area contributed by atoms with Crippen molar-refractivity contribution < 1.29 is 9.47 Å². The van der Waals surface area contributed by atoms with Gasteiger partial charge in [-0.05, 0) is 131 Å². The van der Waals surface area contributed by atoms with Gasteiger partial charge in [-0.25, -0.2) is 0 Å². The van der Waals surface area contributed by atoms with Crippen molar-refractivity contribution in [2.75, 3.05) is 20.0 Å². The monoisotopic (exact) mass is 1010 g/mol. The van der Waals surface area contributed by atoms with E-state index >= 15 is 0 Å².